The van der Waals surface area contributed by atoms with Gasteiger partial charge in [0.2, 0.25) is 0 Å². The molecule has 0 saturated heterocycles. The smallest absolute Gasteiger partial charge is 0.123 e. The van der Waals surface area contributed by atoms with E-state index in [-0.39, 0.29) is 11.5 Å². The summed E-state index contributed by atoms with van der Waals surface area (Å²) >= 11 is 0. The third-order valence-electron chi connectivity index (χ3n) is 3.45. The predicted octanol–water partition coefficient (Wildman–Crippen LogP) is 2.60. The van der Waals surface area contributed by atoms with E-state index in [0.717, 1.165) is 24.0 Å². The van der Waals surface area contributed by atoms with Crippen LogP contribution in [0, 0.1) is 0 Å². The lowest BCUT2D eigenvalue weighted by Crippen LogP contribution is -2.06. The zero-order valence-electron chi connectivity index (χ0n) is 9.45. The fraction of sp³-hybridized carbons (Fsp3) is 0.538. The van der Waals surface area contributed by atoms with Gasteiger partial charge in [0.25, 0.3) is 0 Å². The molecular weight excluding hydrogens is 202 g/mol. The normalized spacial score (nSPS) is 17.6. The van der Waals surface area contributed by atoms with E-state index in [9.17, 15) is 10.2 Å². The van der Waals surface area contributed by atoms with Gasteiger partial charge < -0.3 is 15.9 Å². The molecule has 0 spiro atoms. The molecule has 1 aromatic rings. The van der Waals surface area contributed by atoms with Gasteiger partial charge in [-0.1, -0.05) is 19.3 Å². The molecule has 3 nitrogen and oxygen atoms in total. The molecule has 88 valence electrons. The Bertz CT molecular complexity index is 347. The molecule has 0 aliphatic heterocycles. The first kappa shape index (κ1) is 11.3. The van der Waals surface area contributed by atoms with Gasteiger partial charge in [-0.25, -0.2) is 0 Å². The third-order valence-corrected chi connectivity index (χ3v) is 3.45. The Hall–Kier alpha value is -1.22. The largest absolute Gasteiger partial charge is 0.508 e. The number of phenols is 2. The van der Waals surface area contributed by atoms with Gasteiger partial charge in [0.15, 0.2) is 0 Å². The van der Waals surface area contributed by atoms with Crippen molar-refractivity contribution in [3.63, 3.8) is 0 Å². The highest BCUT2D eigenvalue weighted by atomic mass is 16.3. The molecule has 0 radical (unpaired) electrons. The van der Waals surface area contributed by atoms with Gasteiger partial charge in [-0.2, -0.15) is 0 Å². The quantitative estimate of drug-likeness (QED) is 0.719. The molecule has 2 rings (SSSR count). The van der Waals surface area contributed by atoms with Crippen LogP contribution in [0.3, 0.4) is 0 Å². The molecule has 1 fully saturated rings. The molecule has 1 aromatic carbocycles. The highest BCUT2D eigenvalue weighted by molar-refractivity contribution is 5.48. The van der Waals surface area contributed by atoms with E-state index in [2.05, 4.69) is 0 Å². The minimum Gasteiger partial charge on any atom is -0.508 e. The summed E-state index contributed by atoms with van der Waals surface area (Å²) in [5.74, 6) is 0.709. The lowest BCUT2D eigenvalue weighted by Gasteiger charge is -2.23. The van der Waals surface area contributed by atoms with Gasteiger partial charge in [-0.3, -0.25) is 0 Å². The van der Waals surface area contributed by atoms with Crippen LogP contribution in [0.25, 0.3) is 0 Å². The van der Waals surface area contributed by atoms with E-state index < -0.39 is 0 Å². The third kappa shape index (κ3) is 2.14. The molecule has 1 saturated carbocycles. The standard InChI is InChI=1S/C13H19NO2/c14-8-9-6-11(15)13(12(16)7-9)10-4-2-1-3-5-10/h6-7,10,15-16H,1-5,8,14H2. The Balaban J connectivity index is 2.32. The zero-order chi connectivity index (χ0) is 11.5. The minimum absolute atomic E-state index is 0.201. The first-order valence-corrected chi connectivity index (χ1v) is 5.97. The molecule has 0 heterocycles. The van der Waals surface area contributed by atoms with Crippen LogP contribution in [-0.4, -0.2) is 10.2 Å². The van der Waals surface area contributed by atoms with E-state index >= 15 is 0 Å². The average Bonchev–Trinajstić information content (AvgIpc) is 2.29. The average molecular weight is 221 g/mol. The van der Waals surface area contributed by atoms with Crippen molar-refractivity contribution in [3.8, 4) is 11.5 Å². The zero-order valence-corrected chi connectivity index (χ0v) is 9.45. The number of phenolic OH excluding ortho intramolecular Hbond substituents is 2. The molecule has 0 unspecified atom stereocenters. The van der Waals surface area contributed by atoms with Gasteiger partial charge in [0.1, 0.15) is 11.5 Å². The summed E-state index contributed by atoms with van der Waals surface area (Å²) in [6.45, 7) is 0.339. The summed E-state index contributed by atoms with van der Waals surface area (Å²) in [5.41, 5.74) is 6.99. The van der Waals surface area contributed by atoms with Crippen LogP contribution in [0.2, 0.25) is 0 Å². The van der Waals surface area contributed by atoms with Crippen LogP contribution < -0.4 is 5.73 Å². The van der Waals surface area contributed by atoms with Gasteiger partial charge >= 0.3 is 0 Å². The molecule has 0 atom stereocenters. The maximum Gasteiger partial charge on any atom is 0.123 e. The van der Waals surface area contributed by atoms with E-state index in [0.29, 0.717) is 12.5 Å². The van der Waals surface area contributed by atoms with Crippen molar-refractivity contribution in [2.24, 2.45) is 5.73 Å². The molecule has 0 bridgehead atoms. The molecule has 1 aliphatic carbocycles. The van der Waals surface area contributed by atoms with Gasteiger partial charge in [0.05, 0.1) is 0 Å². The van der Waals surface area contributed by atoms with E-state index in [1.165, 1.54) is 19.3 Å². The summed E-state index contributed by atoms with van der Waals surface area (Å²) in [7, 11) is 0. The molecule has 1 aliphatic rings. The summed E-state index contributed by atoms with van der Waals surface area (Å²) in [4.78, 5) is 0. The molecular formula is C13H19NO2. The second kappa shape index (κ2) is 4.74. The van der Waals surface area contributed by atoms with Crippen molar-refractivity contribution in [1.29, 1.82) is 0 Å². The number of rotatable bonds is 2. The molecule has 0 amide bonds. The minimum atomic E-state index is 0.201. The predicted molar refractivity (Wildman–Crippen MR) is 63.5 cm³/mol. The van der Waals surface area contributed by atoms with Crippen LogP contribution in [0.15, 0.2) is 12.1 Å². The monoisotopic (exact) mass is 221 g/mol. The van der Waals surface area contributed by atoms with Crippen LogP contribution in [-0.2, 0) is 6.54 Å². The van der Waals surface area contributed by atoms with Crippen LogP contribution >= 0.6 is 0 Å². The highest BCUT2D eigenvalue weighted by Gasteiger charge is 2.22. The van der Waals surface area contributed by atoms with Crippen molar-refractivity contribution >= 4 is 0 Å². The van der Waals surface area contributed by atoms with Crippen LogP contribution in [0.4, 0.5) is 0 Å². The van der Waals surface area contributed by atoms with E-state index in [4.69, 9.17) is 5.73 Å². The fourth-order valence-corrected chi connectivity index (χ4v) is 2.61. The Kier molecular flexibility index (Phi) is 3.34. The number of aromatic hydroxyl groups is 2. The maximum absolute atomic E-state index is 9.94. The number of hydrogen-bond acceptors (Lipinski definition) is 3. The Morgan fingerprint density at radius 2 is 1.62 bits per heavy atom. The van der Waals surface area contributed by atoms with E-state index in [1.54, 1.807) is 12.1 Å². The second-order valence-electron chi connectivity index (χ2n) is 4.59. The Labute approximate surface area is 95.9 Å². The lowest BCUT2D eigenvalue weighted by atomic mass is 9.83. The maximum atomic E-state index is 9.94. The van der Waals surface area contributed by atoms with Crippen molar-refractivity contribution in [3.05, 3.63) is 23.3 Å². The molecule has 4 N–H and O–H groups in total. The number of hydrogen-bond donors (Lipinski definition) is 3. The van der Waals surface area contributed by atoms with Crippen molar-refractivity contribution < 1.29 is 10.2 Å². The van der Waals surface area contributed by atoms with Crippen molar-refractivity contribution in [1.82, 2.24) is 0 Å². The summed E-state index contributed by atoms with van der Waals surface area (Å²) in [6.07, 6.45) is 5.75. The van der Waals surface area contributed by atoms with Gasteiger partial charge in [-0.05, 0) is 36.5 Å². The fourth-order valence-electron chi connectivity index (χ4n) is 2.61. The highest BCUT2D eigenvalue weighted by Crippen LogP contribution is 2.42. The van der Waals surface area contributed by atoms with Crippen molar-refractivity contribution in [2.75, 3.05) is 0 Å². The number of nitrogens with two attached hydrogens (primary N) is 1. The van der Waals surface area contributed by atoms with Crippen molar-refractivity contribution in [2.45, 2.75) is 44.6 Å². The van der Waals surface area contributed by atoms with Gasteiger partial charge in [-0.15, -0.1) is 0 Å². The summed E-state index contributed by atoms with van der Waals surface area (Å²) in [6, 6.07) is 3.34. The SMILES string of the molecule is NCc1cc(O)c(C2CCCCC2)c(O)c1. The Morgan fingerprint density at radius 1 is 1.06 bits per heavy atom. The first-order chi connectivity index (χ1) is 7.72. The lowest BCUT2D eigenvalue weighted by molar-refractivity contribution is 0.388. The topological polar surface area (TPSA) is 66.5 Å². The van der Waals surface area contributed by atoms with Crippen LogP contribution in [0.1, 0.15) is 49.1 Å². The molecule has 16 heavy (non-hydrogen) atoms. The number of benzene rings is 1. The Morgan fingerprint density at radius 3 is 2.12 bits per heavy atom. The molecule has 3 heteroatoms. The molecule has 0 aromatic heterocycles. The first-order valence-electron chi connectivity index (χ1n) is 5.97. The second-order valence-corrected chi connectivity index (χ2v) is 4.59. The summed E-state index contributed by atoms with van der Waals surface area (Å²) < 4.78 is 0. The van der Waals surface area contributed by atoms with Crippen LogP contribution in [0.5, 0.6) is 11.5 Å². The van der Waals surface area contributed by atoms with Gasteiger partial charge in [0, 0.05) is 12.1 Å². The van der Waals surface area contributed by atoms with E-state index in [1.807, 2.05) is 0 Å². The summed E-state index contributed by atoms with van der Waals surface area (Å²) in [5, 5.41) is 19.9.